The third kappa shape index (κ3) is 4.22. The van der Waals surface area contributed by atoms with Crippen molar-refractivity contribution < 1.29 is 19.4 Å². The molecule has 0 amide bonds. The fourth-order valence-electron chi connectivity index (χ4n) is 1.27. The van der Waals surface area contributed by atoms with Gasteiger partial charge in [-0.2, -0.15) is 0 Å². The van der Waals surface area contributed by atoms with Crippen molar-refractivity contribution in [3.8, 4) is 5.75 Å². The normalized spacial score (nSPS) is 10.8. The van der Waals surface area contributed by atoms with Crippen LogP contribution in [-0.2, 0) is 21.2 Å². The monoisotopic (exact) mass is 249 g/mol. The number of ether oxygens (including phenoxy) is 2. The number of para-hydroxylation sites is 1. The van der Waals surface area contributed by atoms with Crippen LogP contribution in [0, 0.1) is 0 Å². The van der Waals surface area contributed by atoms with Crippen LogP contribution in [0.25, 0.3) is 0 Å². The second-order valence-corrected chi connectivity index (χ2v) is 4.32. The zero-order valence-electron chi connectivity index (χ0n) is 10.6. The van der Waals surface area contributed by atoms with Gasteiger partial charge in [-0.3, -0.25) is 0 Å². The molecule has 1 aromatic rings. The van der Waals surface area contributed by atoms with Crippen molar-refractivity contribution in [1.29, 1.82) is 0 Å². The lowest BCUT2D eigenvalue weighted by Crippen LogP contribution is -2.28. The molecule has 0 saturated carbocycles. The van der Waals surface area contributed by atoms with Gasteiger partial charge < -0.3 is 9.47 Å². The Hall–Kier alpha value is -1.81. The standard InChI is InChI=1S/C14H17O4/c1-4-14(2,3)18-13(16)10-17-12-8-6-5-7-11(12)9-15/h4-8H,1,9-10H2,2-3H3. The summed E-state index contributed by atoms with van der Waals surface area (Å²) < 4.78 is 10.4. The van der Waals surface area contributed by atoms with Crippen LogP contribution >= 0.6 is 0 Å². The topological polar surface area (TPSA) is 55.4 Å². The number of rotatable bonds is 6. The first-order valence-corrected chi connectivity index (χ1v) is 5.63. The van der Waals surface area contributed by atoms with Gasteiger partial charge in [0.2, 0.25) is 0 Å². The molecule has 0 aliphatic heterocycles. The molecule has 0 atom stereocenters. The Morgan fingerprint density at radius 2 is 2.06 bits per heavy atom. The summed E-state index contributed by atoms with van der Waals surface area (Å²) in [6, 6.07) is 6.81. The summed E-state index contributed by atoms with van der Waals surface area (Å²) in [7, 11) is 0. The maximum Gasteiger partial charge on any atom is 0.345 e. The minimum absolute atomic E-state index is 0.228. The Morgan fingerprint density at radius 3 is 2.67 bits per heavy atom. The van der Waals surface area contributed by atoms with E-state index in [9.17, 15) is 9.90 Å². The van der Waals surface area contributed by atoms with E-state index in [1.165, 1.54) is 6.08 Å². The second kappa shape index (κ2) is 6.21. The Kier molecular flexibility index (Phi) is 4.92. The zero-order valence-corrected chi connectivity index (χ0v) is 10.6. The molecule has 1 aromatic carbocycles. The molecule has 0 aliphatic rings. The lowest BCUT2D eigenvalue weighted by Gasteiger charge is -2.20. The molecule has 0 spiro atoms. The van der Waals surface area contributed by atoms with Crippen LogP contribution in [0.4, 0.5) is 0 Å². The van der Waals surface area contributed by atoms with Gasteiger partial charge in [0.25, 0.3) is 0 Å². The molecular weight excluding hydrogens is 232 g/mol. The first-order valence-electron chi connectivity index (χ1n) is 5.63. The number of carbonyl (C=O) groups excluding carboxylic acids is 1. The highest BCUT2D eigenvalue weighted by molar-refractivity contribution is 5.71. The summed E-state index contributed by atoms with van der Waals surface area (Å²) in [5.74, 6) is -0.0820. The summed E-state index contributed by atoms with van der Waals surface area (Å²) in [6.07, 6.45) is 1.54. The van der Waals surface area contributed by atoms with Crippen LogP contribution in [0.1, 0.15) is 19.4 Å². The summed E-state index contributed by atoms with van der Waals surface area (Å²) in [5.41, 5.74) is -0.202. The molecule has 4 heteroatoms. The number of hydrogen-bond donors (Lipinski definition) is 0. The van der Waals surface area contributed by atoms with Gasteiger partial charge in [0.15, 0.2) is 6.61 Å². The Bertz CT molecular complexity index is 424. The number of benzene rings is 1. The molecule has 0 fully saturated rings. The molecule has 97 valence electrons. The molecule has 1 rings (SSSR count). The molecule has 0 N–H and O–H groups in total. The average Bonchev–Trinajstić information content (AvgIpc) is 2.36. The van der Waals surface area contributed by atoms with Crippen molar-refractivity contribution >= 4 is 5.97 Å². The van der Waals surface area contributed by atoms with Crippen molar-refractivity contribution in [2.24, 2.45) is 0 Å². The maximum atomic E-state index is 11.5. The summed E-state index contributed by atoms with van der Waals surface area (Å²) in [4.78, 5) is 11.5. The molecule has 0 unspecified atom stereocenters. The van der Waals surface area contributed by atoms with E-state index in [1.807, 2.05) is 0 Å². The largest absolute Gasteiger partial charge is 0.482 e. The van der Waals surface area contributed by atoms with Crippen LogP contribution in [0.5, 0.6) is 5.75 Å². The van der Waals surface area contributed by atoms with Gasteiger partial charge in [0.1, 0.15) is 18.0 Å². The zero-order chi connectivity index (χ0) is 13.6. The lowest BCUT2D eigenvalue weighted by atomic mass is 10.1. The van der Waals surface area contributed by atoms with Crippen LogP contribution in [0.3, 0.4) is 0 Å². The van der Waals surface area contributed by atoms with E-state index in [0.717, 1.165) is 0 Å². The molecule has 1 radical (unpaired) electrons. The number of esters is 1. The third-order valence-electron chi connectivity index (χ3n) is 2.34. The van der Waals surface area contributed by atoms with Gasteiger partial charge in [-0.1, -0.05) is 24.8 Å². The second-order valence-electron chi connectivity index (χ2n) is 4.32. The van der Waals surface area contributed by atoms with E-state index >= 15 is 0 Å². The van der Waals surface area contributed by atoms with E-state index in [2.05, 4.69) is 6.58 Å². The van der Waals surface area contributed by atoms with Crippen molar-refractivity contribution in [3.63, 3.8) is 0 Å². The fourth-order valence-corrected chi connectivity index (χ4v) is 1.27. The van der Waals surface area contributed by atoms with E-state index in [-0.39, 0.29) is 13.2 Å². The number of carbonyl (C=O) groups is 1. The highest BCUT2D eigenvalue weighted by Crippen LogP contribution is 2.18. The average molecular weight is 249 g/mol. The molecule has 0 heterocycles. The molecule has 0 saturated heterocycles. The van der Waals surface area contributed by atoms with Crippen molar-refractivity contribution in [3.05, 3.63) is 42.5 Å². The maximum absolute atomic E-state index is 11.5. The predicted octanol–water partition coefficient (Wildman–Crippen LogP) is 2.50. The van der Waals surface area contributed by atoms with Crippen LogP contribution in [0.15, 0.2) is 36.9 Å². The Balaban J connectivity index is 2.55. The Morgan fingerprint density at radius 1 is 1.39 bits per heavy atom. The minimum Gasteiger partial charge on any atom is -0.482 e. The predicted molar refractivity (Wildman–Crippen MR) is 66.7 cm³/mol. The molecule has 0 aromatic heterocycles. The van der Waals surface area contributed by atoms with E-state index in [4.69, 9.17) is 9.47 Å². The minimum atomic E-state index is -0.724. The van der Waals surface area contributed by atoms with Gasteiger partial charge in [-0.05, 0) is 26.0 Å². The van der Waals surface area contributed by atoms with Crippen LogP contribution < -0.4 is 4.74 Å². The lowest BCUT2D eigenvalue weighted by molar-refractivity contribution is -0.154. The van der Waals surface area contributed by atoms with E-state index in [1.54, 1.807) is 38.1 Å². The quantitative estimate of drug-likeness (QED) is 0.575. The summed E-state index contributed by atoms with van der Waals surface area (Å²) in [5, 5.41) is 10.9. The van der Waals surface area contributed by atoms with Gasteiger partial charge in [0.05, 0.1) is 0 Å². The van der Waals surface area contributed by atoms with Gasteiger partial charge in [-0.15, -0.1) is 0 Å². The molecule has 0 aliphatic carbocycles. The van der Waals surface area contributed by atoms with Crippen LogP contribution in [0.2, 0.25) is 0 Å². The first kappa shape index (κ1) is 14.3. The van der Waals surface area contributed by atoms with Gasteiger partial charge in [0, 0.05) is 5.56 Å². The van der Waals surface area contributed by atoms with Crippen molar-refractivity contribution in [1.82, 2.24) is 0 Å². The smallest absolute Gasteiger partial charge is 0.345 e. The van der Waals surface area contributed by atoms with E-state index < -0.39 is 11.6 Å². The molecular formula is C14H17O4. The van der Waals surface area contributed by atoms with Crippen molar-refractivity contribution in [2.45, 2.75) is 26.1 Å². The Labute approximate surface area is 107 Å². The van der Waals surface area contributed by atoms with Crippen LogP contribution in [-0.4, -0.2) is 18.2 Å². The fraction of sp³-hybridized carbons (Fsp3) is 0.357. The highest BCUT2D eigenvalue weighted by Gasteiger charge is 2.19. The molecule has 4 nitrogen and oxygen atoms in total. The first-order chi connectivity index (χ1) is 8.48. The van der Waals surface area contributed by atoms with Gasteiger partial charge in [-0.25, -0.2) is 9.90 Å². The van der Waals surface area contributed by atoms with E-state index in [0.29, 0.717) is 11.3 Å². The summed E-state index contributed by atoms with van der Waals surface area (Å²) in [6.45, 7) is 6.41. The SMILES string of the molecule is C=CC(C)(C)OC(=O)COc1ccccc1C[O]. The third-order valence-corrected chi connectivity index (χ3v) is 2.34. The van der Waals surface area contributed by atoms with Crippen molar-refractivity contribution in [2.75, 3.05) is 6.61 Å². The van der Waals surface area contributed by atoms with Gasteiger partial charge >= 0.3 is 5.97 Å². The number of hydrogen-bond acceptors (Lipinski definition) is 3. The highest BCUT2D eigenvalue weighted by atomic mass is 16.6. The molecule has 0 bridgehead atoms. The summed E-state index contributed by atoms with van der Waals surface area (Å²) >= 11 is 0. The molecule has 18 heavy (non-hydrogen) atoms.